The van der Waals surface area contributed by atoms with E-state index in [1.807, 2.05) is 6.07 Å². The molecule has 1 saturated heterocycles. The summed E-state index contributed by atoms with van der Waals surface area (Å²) in [4.78, 5) is 10.8. The standard InChI is InChI=1S/C24H37NO4/c1-2-3-4-5-6-7-8-9-10-11-12-13-14-19-24-28-20-23(29-24)21-17-15-16-18-22(21)25(26)27/h5-6,15-18,23-24H,2-4,7-14,19-20H2,1H3. The first-order valence-corrected chi connectivity index (χ1v) is 11.4. The van der Waals surface area contributed by atoms with Crippen LogP contribution < -0.4 is 0 Å². The topological polar surface area (TPSA) is 61.6 Å². The predicted molar refractivity (Wildman–Crippen MR) is 117 cm³/mol. The summed E-state index contributed by atoms with van der Waals surface area (Å²) in [5.74, 6) is 0. The van der Waals surface area contributed by atoms with E-state index in [0.29, 0.717) is 12.2 Å². The molecule has 2 unspecified atom stereocenters. The zero-order chi connectivity index (χ0) is 20.7. The van der Waals surface area contributed by atoms with Gasteiger partial charge in [0.05, 0.1) is 17.1 Å². The smallest absolute Gasteiger partial charge is 0.275 e. The molecular weight excluding hydrogens is 366 g/mol. The Labute approximate surface area is 175 Å². The molecule has 1 aliphatic rings. The largest absolute Gasteiger partial charge is 0.350 e. The van der Waals surface area contributed by atoms with E-state index in [2.05, 4.69) is 19.1 Å². The first-order valence-electron chi connectivity index (χ1n) is 11.4. The van der Waals surface area contributed by atoms with Crippen LogP contribution in [0.5, 0.6) is 0 Å². The van der Waals surface area contributed by atoms with E-state index in [1.165, 1.54) is 70.3 Å². The van der Waals surface area contributed by atoms with Gasteiger partial charge in [-0.05, 0) is 38.2 Å². The molecule has 0 aromatic heterocycles. The van der Waals surface area contributed by atoms with Crippen molar-refractivity contribution in [2.75, 3.05) is 6.61 Å². The van der Waals surface area contributed by atoms with E-state index in [-0.39, 0.29) is 23.0 Å². The van der Waals surface area contributed by atoms with Gasteiger partial charge in [0.1, 0.15) is 6.10 Å². The van der Waals surface area contributed by atoms with Gasteiger partial charge in [0, 0.05) is 6.07 Å². The molecule has 1 fully saturated rings. The fourth-order valence-corrected chi connectivity index (χ4v) is 3.71. The van der Waals surface area contributed by atoms with E-state index >= 15 is 0 Å². The van der Waals surface area contributed by atoms with Crippen LogP contribution in [0.2, 0.25) is 0 Å². The van der Waals surface area contributed by atoms with Gasteiger partial charge in [-0.25, -0.2) is 0 Å². The summed E-state index contributed by atoms with van der Waals surface area (Å²) in [7, 11) is 0. The summed E-state index contributed by atoms with van der Waals surface area (Å²) in [5, 5.41) is 11.2. The minimum atomic E-state index is -0.352. The van der Waals surface area contributed by atoms with Crippen molar-refractivity contribution >= 4 is 5.69 Å². The third-order valence-corrected chi connectivity index (χ3v) is 5.43. The molecule has 2 rings (SSSR count). The minimum Gasteiger partial charge on any atom is -0.350 e. The van der Waals surface area contributed by atoms with Crippen molar-refractivity contribution in [2.24, 2.45) is 0 Å². The lowest BCUT2D eigenvalue weighted by molar-refractivity contribution is -0.386. The molecule has 0 bridgehead atoms. The number of nitrogens with zero attached hydrogens (tertiary/aromatic N) is 1. The van der Waals surface area contributed by atoms with E-state index in [4.69, 9.17) is 9.47 Å². The molecule has 1 aromatic rings. The second kappa shape index (κ2) is 14.3. The molecule has 5 nitrogen and oxygen atoms in total. The Bertz CT molecular complexity index is 617. The molecule has 1 aromatic carbocycles. The lowest BCUT2D eigenvalue weighted by Gasteiger charge is -2.12. The van der Waals surface area contributed by atoms with Gasteiger partial charge in [-0.15, -0.1) is 0 Å². The molecule has 162 valence electrons. The van der Waals surface area contributed by atoms with Crippen molar-refractivity contribution in [2.45, 2.75) is 96.4 Å². The summed E-state index contributed by atoms with van der Waals surface area (Å²) < 4.78 is 11.6. The molecule has 5 heteroatoms. The van der Waals surface area contributed by atoms with Crippen LogP contribution in [0.1, 0.15) is 95.6 Å². The lowest BCUT2D eigenvalue weighted by atomic mass is 10.1. The molecule has 0 N–H and O–H groups in total. The van der Waals surface area contributed by atoms with Crippen LogP contribution in [-0.2, 0) is 9.47 Å². The van der Waals surface area contributed by atoms with Crippen molar-refractivity contribution in [3.05, 3.63) is 52.1 Å². The zero-order valence-electron chi connectivity index (χ0n) is 17.9. The van der Waals surface area contributed by atoms with Crippen LogP contribution >= 0.6 is 0 Å². The van der Waals surface area contributed by atoms with Crippen molar-refractivity contribution in [1.29, 1.82) is 0 Å². The molecular formula is C24H37NO4. The van der Waals surface area contributed by atoms with E-state index in [0.717, 1.165) is 12.8 Å². The van der Waals surface area contributed by atoms with Crippen molar-refractivity contribution in [3.8, 4) is 0 Å². The van der Waals surface area contributed by atoms with Crippen molar-refractivity contribution in [3.63, 3.8) is 0 Å². The number of benzene rings is 1. The van der Waals surface area contributed by atoms with Crippen molar-refractivity contribution in [1.82, 2.24) is 0 Å². The third kappa shape index (κ3) is 9.09. The van der Waals surface area contributed by atoms with Crippen LogP contribution in [0.25, 0.3) is 0 Å². The van der Waals surface area contributed by atoms with Gasteiger partial charge in [0.2, 0.25) is 0 Å². The number of nitro benzene ring substituents is 1. The molecule has 0 spiro atoms. The monoisotopic (exact) mass is 403 g/mol. The summed E-state index contributed by atoms with van der Waals surface area (Å²) in [6, 6.07) is 6.77. The van der Waals surface area contributed by atoms with Crippen LogP contribution in [0.3, 0.4) is 0 Å². The Morgan fingerprint density at radius 1 is 1.00 bits per heavy atom. The number of nitro groups is 1. The van der Waals surface area contributed by atoms with Gasteiger partial charge in [-0.3, -0.25) is 10.1 Å². The fourth-order valence-electron chi connectivity index (χ4n) is 3.71. The lowest BCUT2D eigenvalue weighted by Crippen LogP contribution is -2.08. The number of para-hydroxylation sites is 1. The van der Waals surface area contributed by atoms with Crippen molar-refractivity contribution < 1.29 is 14.4 Å². The van der Waals surface area contributed by atoms with Crippen LogP contribution in [-0.4, -0.2) is 17.8 Å². The molecule has 0 saturated carbocycles. The van der Waals surface area contributed by atoms with E-state index in [9.17, 15) is 10.1 Å². The second-order valence-electron chi connectivity index (χ2n) is 7.87. The van der Waals surface area contributed by atoms with Crippen LogP contribution in [0.15, 0.2) is 36.4 Å². The highest BCUT2D eigenvalue weighted by molar-refractivity contribution is 5.41. The van der Waals surface area contributed by atoms with Gasteiger partial charge in [0.15, 0.2) is 6.29 Å². The van der Waals surface area contributed by atoms with Gasteiger partial charge in [-0.1, -0.05) is 76.2 Å². The Kier molecular flexibility index (Phi) is 11.6. The Balaban J connectivity index is 1.49. The number of ether oxygens (including phenoxy) is 2. The first-order chi connectivity index (χ1) is 14.2. The molecule has 2 atom stereocenters. The SMILES string of the molecule is CCCCC=CCCCCCCCCCC1OCC(c2ccccc2[N+](=O)[O-])O1. The highest BCUT2D eigenvalue weighted by Gasteiger charge is 2.31. The Morgan fingerprint density at radius 2 is 1.66 bits per heavy atom. The summed E-state index contributed by atoms with van der Waals surface area (Å²) >= 11 is 0. The van der Waals surface area contributed by atoms with Crippen LogP contribution in [0.4, 0.5) is 5.69 Å². The summed E-state index contributed by atoms with van der Waals surface area (Å²) in [6.45, 7) is 2.62. The minimum absolute atomic E-state index is 0.109. The van der Waals surface area contributed by atoms with Gasteiger partial charge in [0.25, 0.3) is 5.69 Å². The van der Waals surface area contributed by atoms with E-state index in [1.54, 1.807) is 12.1 Å². The molecule has 29 heavy (non-hydrogen) atoms. The zero-order valence-corrected chi connectivity index (χ0v) is 17.9. The van der Waals surface area contributed by atoms with Gasteiger partial charge < -0.3 is 9.47 Å². The second-order valence-corrected chi connectivity index (χ2v) is 7.87. The summed E-state index contributed by atoms with van der Waals surface area (Å²) in [6.07, 6.45) is 18.8. The molecule has 0 radical (unpaired) electrons. The number of allylic oxidation sites excluding steroid dienone is 2. The maximum Gasteiger partial charge on any atom is 0.275 e. The number of hydrogen-bond acceptors (Lipinski definition) is 4. The third-order valence-electron chi connectivity index (χ3n) is 5.43. The summed E-state index contributed by atoms with van der Waals surface area (Å²) in [5.41, 5.74) is 0.721. The predicted octanol–water partition coefficient (Wildman–Crippen LogP) is 7.27. The average molecular weight is 404 g/mol. The quantitative estimate of drug-likeness (QED) is 0.134. The number of rotatable bonds is 15. The average Bonchev–Trinajstić information content (AvgIpc) is 3.20. The molecule has 0 aliphatic carbocycles. The molecule has 0 amide bonds. The maximum absolute atomic E-state index is 11.2. The maximum atomic E-state index is 11.2. The Hall–Kier alpha value is -1.72. The molecule has 1 heterocycles. The first kappa shape index (κ1) is 23.6. The normalized spacial score (nSPS) is 19.2. The van der Waals surface area contributed by atoms with E-state index < -0.39 is 0 Å². The number of unbranched alkanes of at least 4 members (excludes halogenated alkanes) is 9. The highest BCUT2D eigenvalue weighted by Crippen LogP contribution is 2.33. The Morgan fingerprint density at radius 3 is 2.38 bits per heavy atom. The van der Waals surface area contributed by atoms with Gasteiger partial charge >= 0.3 is 0 Å². The van der Waals surface area contributed by atoms with Gasteiger partial charge in [-0.2, -0.15) is 0 Å². The van der Waals surface area contributed by atoms with Crippen LogP contribution in [0, 0.1) is 10.1 Å². The highest BCUT2D eigenvalue weighted by atomic mass is 16.7. The molecule has 1 aliphatic heterocycles. The fraction of sp³-hybridized carbons (Fsp3) is 0.667. The number of hydrogen-bond donors (Lipinski definition) is 0.